The Kier molecular flexibility index (Phi) is 4.11. The molecule has 1 aromatic rings. The molecule has 1 unspecified atom stereocenters. The Morgan fingerprint density at radius 1 is 1.18 bits per heavy atom. The van der Waals surface area contributed by atoms with Crippen molar-refractivity contribution in [3.63, 3.8) is 0 Å². The van der Waals surface area contributed by atoms with Crippen molar-refractivity contribution in [3.8, 4) is 0 Å². The minimum atomic E-state index is -0.530. The first-order chi connectivity index (χ1) is 8.16. The number of hydrogen-bond acceptors (Lipinski definition) is 1. The number of benzene rings is 1. The maximum absolute atomic E-state index is 13.5. The summed E-state index contributed by atoms with van der Waals surface area (Å²) in [6.07, 6.45) is 6.54. The molecule has 1 saturated carbocycles. The van der Waals surface area contributed by atoms with Crippen LogP contribution in [0.4, 0.5) is 8.78 Å². The molecule has 0 amide bonds. The average Bonchev–Trinajstić information content (AvgIpc) is 2.34. The molecular weight excluding hydrogens is 220 g/mol. The molecule has 1 aromatic carbocycles. The van der Waals surface area contributed by atoms with Gasteiger partial charge < -0.3 is 5.73 Å². The minimum absolute atomic E-state index is 0.00439. The van der Waals surface area contributed by atoms with Crippen molar-refractivity contribution in [2.75, 3.05) is 0 Å². The van der Waals surface area contributed by atoms with E-state index in [4.69, 9.17) is 5.73 Å². The van der Waals surface area contributed by atoms with Crippen LogP contribution in [-0.2, 0) is 6.42 Å². The Labute approximate surface area is 101 Å². The summed E-state index contributed by atoms with van der Waals surface area (Å²) >= 11 is 0. The standard InChI is InChI=1S/C14H19F2N/c15-12-7-6-11(13(16)9-12)8-14(17)10-4-2-1-3-5-10/h6-7,9-10,14H,1-5,8,17H2. The van der Waals surface area contributed by atoms with Crippen molar-refractivity contribution in [1.29, 1.82) is 0 Å². The van der Waals surface area contributed by atoms with E-state index >= 15 is 0 Å². The summed E-state index contributed by atoms with van der Waals surface area (Å²) < 4.78 is 26.3. The highest BCUT2D eigenvalue weighted by Gasteiger charge is 2.21. The largest absolute Gasteiger partial charge is 0.327 e. The molecule has 0 heterocycles. The third kappa shape index (κ3) is 3.25. The van der Waals surface area contributed by atoms with E-state index in [1.165, 1.54) is 31.4 Å². The van der Waals surface area contributed by atoms with Gasteiger partial charge in [-0.25, -0.2) is 8.78 Å². The van der Waals surface area contributed by atoms with Crippen molar-refractivity contribution >= 4 is 0 Å². The summed E-state index contributed by atoms with van der Waals surface area (Å²) in [6.45, 7) is 0. The highest BCUT2D eigenvalue weighted by atomic mass is 19.1. The molecule has 0 saturated heterocycles. The number of halogens is 2. The van der Waals surface area contributed by atoms with Gasteiger partial charge in [-0.2, -0.15) is 0 Å². The van der Waals surface area contributed by atoms with Crippen molar-refractivity contribution in [2.45, 2.75) is 44.6 Å². The number of hydrogen-bond donors (Lipinski definition) is 1. The molecule has 94 valence electrons. The molecule has 0 aromatic heterocycles. The fraction of sp³-hybridized carbons (Fsp3) is 0.571. The highest BCUT2D eigenvalue weighted by molar-refractivity contribution is 5.19. The molecular formula is C14H19F2N. The first kappa shape index (κ1) is 12.5. The third-order valence-electron chi connectivity index (χ3n) is 3.73. The minimum Gasteiger partial charge on any atom is -0.327 e. The Bertz CT molecular complexity index is 372. The average molecular weight is 239 g/mol. The van der Waals surface area contributed by atoms with Crippen LogP contribution in [0.5, 0.6) is 0 Å². The van der Waals surface area contributed by atoms with Gasteiger partial charge in [0.05, 0.1) is 0 Å². The van der Waals surface area contributed by atoms with Crippen molar-refractivity contribution in [1.82, 2.24) is 0 Å². The van der Waals surface area contributed by atoms with Gasteiger partial charge in [0.2, 0.25) is 0 Å². The second kappa shape index (κ2) is 5.58. The normalized spacial score (nSPS) is 19.2. The van der Waals surface area contributed by atoms with Gasteiger partial charge in [0.25, 0.3) is 0 Å². The fourth-order valence-corrected chi connectivity index (χ4v) is 2.67. The number of nitrogens with two attached hydrogens (primary N) is 1. The van der Waals surface area contributed by atoms with E-state index in [9.17, 15) is 8.78 Å². The lowest BCUT2D eigenvalue weighted by Crippen LogP contribution is -2.33. The maximum Gasteiger partial charge on any atom is 0.129 e. The topological polar surface area (TPSA) is 26.0 Å². The Balaban J connectivity index is 1.99. The first-order valence-electron chi connectivity index (χ1n) is 6.36. The molecule has 1 atom stereocenters. The SMILES string of the molecule is NC(Cc1ccc(F)cc1F)C1CCCCC1. The van der Waals surface area contributed by atoms with E-state index in [1.54, 1.807) is 0 Å². The molecule has 0 bridgehead atoms. The van der Waals surface area contributed by atoms with Crippen molar-refractivity contribution < 1.29 is 8.78 Å². The van der Waals surface area contributed by atoms with Crippen LogP contribution in [0.3, 0.4) is 0 Å². The van der Waals surface area contributed by atoms with E-state index in [-0.39, 0.29) is 6.04 Å². The Morgan fingerprint density at radius 3 is 2.53 bits per heavy atom. The van der Waals surface area contributed by atoms with Gasteiger partial charge in [-0.15, -0.1) is 0 Å². The van der Waals surface area contributed by atoms with Gasteiger partial charge in [0, 0.05) is 12.1 Å². The Morgan fingerprint density at radius 2 is 1.88 bits per heavy atom. The molecule has 2 N–H and O–H groups in total. The highest BCUT2D eigenvalue weighted by Crippen LogP contribution is 2.27. The van der Waals surface area contributed by atoms with Crippen molar-refractivity contribution in [2.24, 2.45) is 11.7 Å². The van der Waals surface area contributed by atoms with Crippen LogP contribution in [-0.4, -0.2) is 6.04 Å². The van der Waals surface area contributed by atoms with Crippen molar-refractivity contribution in [3.05, 3.63) is 35.4 Å². The fourth-order valence-electron chi connectivity index (χ4n) is 2.67. The van der Waals surface area contributed by atoms with Crippen LogP contribution in [0, 0.1) is 17.6 Å². The van der Waals surface area contributed by atoms with Crippen LogP contribution >= 0.6 is 0 Å². The maximum atomic E-state index is 13.5. The summed E-state index contributed by atoms with van der Waals surface area (Å²) in [5.74, 6) is -0.512. The van der Waals surface area contributed by atoms with Gasteiger partial charge in [-0.3, -0.25) is 0 Å². The van der Waals surface area contributed by atoms with Crippen LogP contribution in [0.25, 0.3) is 0 Å². The number of rotatable bonds is 3. The molecule has 1 aliphatic carbocycles. The zero-order chi connectivity index (χ0) is 12.3. The molecule has 1 fully saturated rings. The van der Waals surface area contributed by atoms with Gasteiger partial charge >= 0.3 is 0 Å². The quantitative estimate of drug-likeness (QED) is 0.859. The lowest BCUT2D eigenvalue weighted by molar-refractivity contribution is 0.302. The van der Waals surface area contributed by atoms with Crippen LogP contribution in [0.15, 0.2) is 18.2 Å². The van der Waals surface area contributed by atoms with Gasteiger partial charge in [-0.05, 0) is 36.8 Å². The van der Waals surface area contributed by atoms with Crippen LogP contribution in [0.1, 0.15) is 37.7 Å². The monoisotopic (exact) mass is 239 g/mol. The van der Waals surface area contributed by atoms with E-state index in [1.807, 2.05) is 0 Å². The van der Waals surface area contributed by atoms with Gasteiger partial charge in [-0.1, -0.05) is 25.3 Å². The third-order valence-corrected chi connectivity index (χ3v) is 3.73. The van der Waals surface area contributed by atoms with E-state index in [0.29, 0.717) is 17.9 Å². The summed E-state index contributed by atoms with van der Waals surface area (Å²) in [5.41, 5.74) is 6.66. The zero-order valence-corrected chi connectivity index (χ0v) is 9.96. The lowest BCUT2D eigenvalue weighted by Gasteiger charge is -2.27. The first-order valence-corrected chi connectivity index (χ1v) is 6.36. The molecule has 0 spiro atoms. The predicted octanol–water partition coefficient (Wildman–Crippen LogP) is 3.41. The predicted molar refractivity (Wildman–Crippen MR) is 64.6 cm³/mol. The molecule has 2 rings (SSSR count). The van der Waals surface area contributed by atoms with Gasteiger partial charge in [0.15, 0.2) is 0 Å². The zero-order valence-electron chi connectivity index (χ0n) is 9.96. The molecule has 0 radical (unpaired) electrons. The summed E-state index contributed by atoms with van der Waals surface area (Å²) in [5, 5.41) is 0. The molecule has 17 heavy (non-hydrogen) atoms. The molecule has 1 nitrogen and oxygen atoms in total. The smallest absolute Gasteiger partial charge is 0.129 e. The second-order valence-corrected chi connectivity index (χ2v) is 5.00. The lowest BCUT2D eigenvalue weighted by atomic mass is 9.82. The second-order valence-electron chi connectivity index (χ2n) is 5.00. The van der Waals surface area contributed by atoms with E-state index in [0.717, 1.165) is 18.9 Å². The van der Waals surface area contributed by atoms with Gasteiger partial charge in [0.1, 0.15) is 11.6 Å². The molecule has 0 aliphatic heterocycles. The van der Waals surface area contributed by atoms with Crippen LogP contribution < -0.4 is 5.73 Å². The van der Waals surface area contributed by atoms with Crippen LogP contribution in [0.2, 0.25) is 0 Å². The van der Waals surface area contributed by atoms with E-state index in [2.05, 4.69) is 0 Å². The molecule has 3 heteroatoms. The summed E-state index contributed by atoms with van der Waals surface area (Å²) in [6, 6.07) is 3.73. The summed E-state index contributed by atoms with van der Waals surface area (Å²) in [7, 11) is 0. The Hall–Kier alpha value is -0.960. The molecule has 1 aliphatic rings. The van der Waals surface area contributed by atoms with E-state index < -0.39 is 11.6 Å². The summed E-state index contributed by atoms with van der Waals surface area (Å²) in [4.78, 5) is 0.